The van der Waals surface area contributed by atoms with E-state index in [4.69, 9.17) is 4.74 Å². The Kier molecular flexibility index (Phi) is 4.53. The summed E-state index contributed by atoms with van der Waals surface area (Å²) in [7, 11) is 1.58. The first-order chi connectivity index (χ1) is 14.2. The molecule has 2 aromatic heterocycles. The summed E-state index contributed by atoms with van der Waals surface area (Å²) in [4.78, 5) is 35.2. The largest absolute Gasteiger partial charge is 0.496 e. The highest BCUT2D eigenvalue weighted by Crippen LogP contribution is 2.34. The molecule has 1 saturated carbocycles. The minimum Gasteiger partial charge on any atom is -0.496 e. The van der Waals surface area contributed by atoms with Gasteiger partial charge in [0, 0.05) is 25.1 Å². The Hall–Kier alpha value is -2.83. The van der Waals surface area contributed by atoms with Crippen molar-refractivity contribution < 1.29 is 9.53 Å². The van der Waals surface area contributed by atoms with Crippen molar-refractivity contribution in [2.75, 3.05) is 20.2 Å². The number of imidazole rings is 1. The van der Waals surface area contributed by atoms with E-state index in [1.54, 1.807) is 19.4 Å². The van der Waals surface area contributed by atoms with E-state index in [2.05, 4.69) is 9.97 Å². The second-order valence-electron chi connectivity index (χ2n) is 8.20. The zero-order chi connectivity index (χ0) is 20.0. The normalized spacial score (nSPS) is 18.0. The quantitative estimate of drug-likeness (QED) is 0.738. The lowest BCUT2D eigenvalue weighted by atomic mass is 9.88. The molecule has 2 fully saturated rings. The van der Waals surface area contributed by atoms with E-state index < -0.39 is 0 Å². The summed E-state index contributed by atoms with van der Waals surface area (Å²) in [6.45, 7) is 1.53. The molecule has 152 valence electrons. The number of nitrogens with one attached hydrogen (secondary N) is 1. The summed E-state index contributed by atoms with van der Waals surface area (Å²) >= 11 is 0. The average Bonchev–Trinajstić information content (AvgIpc) is 3.44. The maximum atomic E-state index is 13.0. The summed E-state index contributed by atoms with van der Waals surface area (Å²) in [5.74, 6) is 1.79. The summed E-state index contributed by atoms with van der Waals surface area (Å²) in [5, 5.41) is 0. The zero-order valence-electron chi connectivity index (χ0n) is 16.7. The van der Waals surface area contributed by atoms with Gasteiger partial charge in [-0.25, -0.2) is 4.98 Å². The van der Waals surface area contributed by atoms with Gasteiger partial charge in [-0.05, 0) is 31.7 Å². The maximum Gasteiger partial charge on any atom is 0.274 e. The molecule has 5 rings (SSSR count). The number of fused-ring (bicyclic) bond motifs is 3. The number of rotatable bonds is 3. The van der Waals surface area contributed by atoms with Crippen molar-refractivity contribution in [3.05, 3.63) is 40.1 Å². The molecule has 2 aliphatic rings. The molecule has 0 atom stereocenters. The molecule has 7 heteroatoms. The number of aromatic amines is 1. The van der Waals surface area contributed by atoms with Crippen LogP contribution in [0.25, 0.3) is 16.6 Å². The standard InChI is InChI=1S/C22H26N4O3/c1-29-19-12-17-16(11-15(19)22(28)25-9-5-6-10-25)24-21(27)18-13-23-20(26(17)18)14-7-3-2-4-8-14/h11-14H,2-10H2,1H3,(H,24,27). The van der Waals surface area contributed by atoms with Crippen LogP contribution in [-0.2, 0) is 0 Å². The molecule has 3 heterocycles. The molecule has 1 aromatic carbocycles. The summed E-state index contributed by atoms with van der Waals surface area (Å²) < 4.78 is 7.57. The van der Waals surface area contributed by atoms with Gasteiger partial charge < -0.3 is 14.6 Å². The van der Waals surface area contributed by atoms with E-state index in [9.17, 15) is 9.59 Å². The van der Waals surface area contributed by atoms with E-state index in [0.29, 0.717) is 28.3 Å². The number of likely N-dealkylation sites (tertiary alicyclic amines) is 1. The number of H-pyrrole nitrogens is 1. The van der Waals surface area contributed by atoms with Gasteiger partial charge in [0.25, 0.3) is 11.5 Å². The molecule has 1 aliphatic carbocycles. The van der Waals surface area contributed by atoms with Crippen molar-refractivity contribution in [3.8, 4) is 5.75 Å². The Morgan fingerprint density at radius 3 is 2.59 bits per heavy atom. The fourth-order valence-electron chi connectivity index (χ4n) is 4.90. The van der Waals surface area contributed by atoms with Gasteiger partial charge in [-0.15, -0.1) is 0 Å². The lowest BCUT2D eigenvalue weighted by Gasteiger charge is -2.21. The van der Waals surface area contributed by atoms with Gasteiger partial charge in [0.15, 0.2) is 0 Å². The minimum absolute atomic E-state index is 0.0414. The van der Waals surface area contributed by atoms with Crippen LogP contribution >= 0.6 is 0 Å². The van der Waals surface area contributed by atoms with Gasteiger partial charge in [0.05, 0.1) is 29.9 Å². The molecule has 0 bridgehead atoms. The first kappa shape index (κ1) is 18.2. The highest BCUT2D eigenvalue weighted by Gasteiger charge is 2.26. The highest BCUT2D eigenvalue weighted by molar-refractivity contribution is 6.00. The number of hydrogen-bond donors (Lipinski definition) is 1. The molecular formula is C22H26N4O3. The van der Waals surface area contributed by atoms with Gasteiger partial charge in [-0.1, -0.05) is 19.3 Å². The second kappa shape index (κ2) is 7.21. The monoisotopic (exact) mass is 394 g/mol. The number of methoxy groups -OCH3 is 1. The van der Waals surface area contributed by atoms with Crippen LogP contribution in [0.3, 0.4) is 0 Å². The molecule has 0 unspecified atom stereocenters. The summed E-state index contributed by atoms with van der Waals surface area (Å²) in [5.41, 5.74) is 2.32. The molecule has 3 aromatic rings. The smallest absolute Gasteiger partial charge is 0.274 e. The Morgan fingerprint density at radius 2 is 1.86 bits per heavy atom. The third kappa shape index (κ3) is 2.99. The molecule has 0 radical (unpaired) electrons. The van der Waals surface area contributed by atoms with Crippen LogP contribution in [0.5, 0.6) is 5.75 Å². The number of ether oxygens (including phenoxy) is 1. The Morgan fingerprint density at radius 1 is 1.10 bits per heavy atom. The van der Waals surface area contributed by atoms with E-state index >= 15 is 0 Å². The van der Waals surface area contributed by atoms with Gasteiger partial charge in [0.2, 0.25) is 0 Å². The number of nitrogens with zero attached hydrogens (tertiary/aromatic N) is 3. The molecule has 1 aliphatic heterocycles. The fourth-order valence-corrected chi connectivity index (χ4v) is 4.90. The van der Waals surface area contributed by atoms with Crippen LogP contribution in [0, 0.1) is 0 Å². The number of benzene rings is 1. The predicted molar refractivity (Wildman–Crippen MR) is 111 cm³/mol. The van der Waals surface area contributed by atoms with E-state index in [-0.39, 0.29) is 11.5 Å². The van der Waals surface area contributed by atoms with E-state index in [1.165, 1.54) is 19.3 Å². The van der Waals surface area contributed by atoms with Crippen LogP contribution in [0.4, 0.5) is 0 Å². The molecular weight excluding hydrogens is 368 g/mol. The lowest BCUT2D eigenvalue weighted by Crippen LogP contribution is -2.28. The van der Waals surface area contributed by atoms with Crippen LogP contribution in [0.1, 0.15) is 67.0 Å². The van der Waals surface area contributed by atoms with Crippen LogP contribution in [0.2, 0.25) is 0 Å². The number of aromatic nitrogens is 3. The Labute approximate surface area is 168 Å². The minimum atomic E-state index is -0.184. The molecule has 1 saturated heterocycles. The molecule has 29 heavy (non-hydrogen) atoms. The maximum absolute atomic E-state index is 13.0. The SMILES string of the molecule is COc1cc2c(cc1C(=O)N1CCCC1)[nH]c(=O)c1cnc(C3CCCCC3)n12. The highest BCUT2D eigenvalue weighted by atomic mass is 16.5. The van der Waals surface area contributed by atoms with Crippen molar-refractivity contribution in [2.45, 2.75) is 50.9 Å². The van der Waals surface area contributed by atoms with Crippen LogP contribution < -0.4 is 10.3 Å². The zero-order valence-corrected chi connectivity index (χ0v) is 16.7. The third-order valence-electron chi connectivity index (χ3n) is 6.42. The van der Waals surface area contributed by atoms with E-state index in [1.807, 2.05) is 15.4 Å². The van der Waals surface area contributed by atoms with Crippen LogP contribution in [0.15, 0.2) is 23.1 Å². The van der Waals surface area contributed by atoms with E-state index in [0.717, 1.165) is 50.1 Å². The lowest BCUT2D eigenvalue weighted by molar-refractivity contribution is 0.0789. The second-order valence-corrected chi connectivity index (χ2v) is 8.20. The number of carbonyl (C=O) groups excluding carboxylic acids is 1. The molecule has 1 amide bonds. The average molecular weight is 394 g/mol. The fraction of sp³-hybridized carbons (Fsp3) is 0.500. The molecule has 0 spiro atoms. The number of amides is 1. The predicted octanol–water partition coefficient (Wildman–Crippen LogP) is 3.47. The number of hydrogen-bond acceptors (Lipinski definition) is 4. The summed E-state index contributed by atoms with van der Waals surface area (Å²) in [6, 6.07) is 3.63. The first-order valence-corrected chi connectivity index (χ1v) is 10.6. The van der Waals surface area contributed by atoms with Crippen molar-refractivity contribution >= 4 is 22.5 Å². The van der Waals surface area contributed by atoms with Crippen LogP contribution in [-0.4, -0.2) is 45.4 Å². The van der Waals surface area contributed by atoms with Crippen molar-refractivity contribution in [3.63, 3.8) is 0 Å². The number of carbonyl (C=O) groups is 1. The molecule has 7 nitrogen and oxygen atoms in total. The van der Waals surface area contributed by atoms with Gasteiger partial charge in [-0.2, -0.15) is 0 Å². The Bertz CT molecular complexity index is 1130. The molecule has 1 N–H and O–H groups in total. The van der Waals surface area contributed by atoms with Gasteiger partial charge >= 0.3 is 0 Å². The van der Waals surface area contributed by atoms with Crippen molar-refractivity contribution in [1.82, 2.24) is 19.3 Å². The first-order valence-electron chi connectivity index (χ1n) is 10.6. The van der Waals surface area contributed by atoms with Crippen molar-refractivity contribution in [2.24, 2.45) is 0 Å². The van der Waals surface area contributed by atoms with Gasteiger partial charge in [-0.3, -0.25) is 14.0 Å². The third-order valence-corrected chi connectivity index (χ3v) is 6.42. The topological polar surface area (TPSA) is 79.7 Å². The summed E-state index contributed by atoms with van der Waals surface area (Å²) in [6.07, 6.45) is 9.55. The van der Waals surface area contributed by atoms with Gasteiger partial charge in [0.1, 0.15) is 17.1 Å². The van der Waals surface area contributed by atoms with Crippen molar-refractivity contribution in [1.29, 1.82) is 0 Å². The Balaban J connectivity index is 1.71.